The van der Waals surface area contributed by atoms with Gasteiger partial charge < -0.3 is 20.4 Å². The summed E-state index contributed by atoms with van der Waals surface area (Å²) in [4.78, 5) is 28.1. The zero-order valence-corrected chi connectivity index (χ0v) is 14.3. The second-order valence-electron chi connectivity index (χ2n) is 6.68. The number of nitrogens with one attached hydrogen (secondary N) is 2. The molecule has 2 heterocycles. The number of nitrogens with zero attached hydrogens (tertiary/aromatic N) is 2. The summed E-state index contributed by atoms with van der Waals surface area (Å²) in [7, 11) is 0. The van der Waals surface area contributed by atoms with Crippen LogP contribution in [0.25, 0.3) is 0 Å². The first-order valence-corrected chi connectivity index (χ1v) is 8.94. The first kappa shape index (κ1) is 17.7. The molecule has 2 saturated heterocycles. The third-order valence-electron chi connectivity index (χ3n) is 4.73. The summed E-state index contributed by atoms with van der Waals surface area (Å²) in [6, 6.07) is 5.35. The van der Waals surface area contributed by atoms with Crippen molar-refractivity contribution in [3.05, 3.63) is 30.1 Å². The number of amides is 3. The van der Waals surface area contributed by atoms with E-state index in [4.69, 9.17) is 0 Å². The molecule has 7 heteroatoms. The molecular formula is C18H25FN4O2. The van der Waals surface area contributed by atoms with E-state index in [2.05, 4.69) is 15.5 Å². The molecule has 0 radical (unpaired) electrons. The summed E-state index contributed by atoms with van der Waals surface area (Å²) in [6.45, 7) is 4.38. The van der Waals surface area contributed by atoms with Crippen molar-refractivity contribution < 1.29 is 14.0 Å². The molecule has 25 heavy (non-hydrogen) atoms. The van der Waals surface area contributed by atoms with Crippen LogP contribution in [-0.2, 0) is 4.79 Å². The van der Waals surface area contributed by atoms with Crippen LogP contribution in [0.15, 0.2) is 24.3 Å². The van der Waals surface area contributed by atoms with Crippen LogP contribution in [0, 0.1) is 5.82 Å². The number of halogens is 1. The van der Waals surface area contributed by atoms with Crippen molar-refractivity contribution >= 4 is 17.6 Å². The average molecular weight is 348 g/mol. The molecule has 2 aliphatic heterocycles. The molecule has 2 N–H and O–H groups in total. The molecule has 6 nitrogen and oxygen atoms in total. The highest BCUT2D eigenvalue weighted by Gasteiger charge is 2.31. The molecule has 1 atom stereocenters. The molecule has 0 unspecified atom stereocenters. The minimum absolute atomic E-state index is 0.0639. The Balaban J connectivity index is 1.38. The fraction of sp³-hybridized carbons (Fsp3) is 0.556. The zero-order chi connectivity index (χ0) is 17.6. The molecular weight excluding hydrogens is 323 g/mol. The average Bonchev–Trinajstić information content (AvgIpc) is 3.22. The van der Waals surface area contributed by atoms with Crippen LogP contribution in [0.3, 0.4) is 0 Å². The number of rotatable bonds is 6. The van der Waals surface area contributed by atoms with Gasteiger partial charge in [-0.1, -0.05) is 0 Å². The molecule has 0 aliphatic carbocycles. The molecule has 136 valence electrons. The highest BCUT2D eigenvalue weighted by Crippen LogP contribution is 2.21. The van der Waals surface area contributed by atoms with Gasteiger partial charge in [0, 0.05) is 25.2 Å². The number of carbonyl (C=O) groups is 2. The van der Waals surface area contributed by atoms with Crippen LogP contribution in [0.2, 0.25) is 0 Å². The summed E-state index contributed by atoms with van der Waals surface area (Å²) in [5, 5.41) is 5.70. The Morgan fingerprint density at radius 2 is 1.92 bits per heavy atom. The number of likely N-dealkylation sites (tertiary alicyclic amines) is 1. The Hall–Kier alpha value is -2.15. The first-order chi connectivity index (χ1) is 12.1. The van der Waals surface area contributed by atoms with Gasteiger partial charge in [0.25, 0.3) is 0 Å². The lowest BCUT2D eigenvalue weighted by Gasteiger charge is -2.18. The summed E-state index contributed by atoms with van der Waals surface area (Å²) in [5.41, 5.74) is 0.654. The van der Waals surface area contributed by atoms with Gasteiger partial charge in [-0.05, 0) is 63.2 Å². The van der Waals surface area contributed by atoms with Crippen LogP contribution in [0.5, 0.6) is 0 Å². The van der Waals surface area contributed by atoms with Crippen molar-refractivity contribution in [2.45, 2.75) is 31.7 Å². The van der Waals surface area contributed by atoms with Gasteiger partial charge in [-0.2, -0.15) is 0 Å². The van der Waals surface area contributed by atoms with Crippen LogP contribution < -0.4 is 15.5 Å². The van der Waals surface area contributed by atoms with Crippen molar-refractivity contribution in [3.8, 4) is 0 Å². The Kier molecular flexibility index (Phi) is 5.86. The topological polar surface area (TPSA) is 64.7 Å². The summed E-state index contributed by atoms with van der Waals surface area (Å²) < 4.78 is 13.0. The third kappa shape index (κ3) is 4.92. The van der Waals surface area contributed by atoms with E-state index in [9.17, 15) is 14.0 Å². The fourth-order valence-electron chi connectivity index (χ4n) is 3.42. The number of hydrogen-bond donors (Lipinski definition) is 2. The minimum Gasteiger partial charge on any atom is -0.338 e. The van der Waals surface area contributed by atoms with E-state index in [1.165, 1.54) is 25.0 Å². The van der Waals surface area contributed by atoms with Gasteiger partial charge in [0.1, 0.15) is 5.82 Å². The molecule has 0 bridgehead atoms. The lowest BCUT2D eigenvalue weighted by atomic mass is 10.2. The van der Waals surface area contributed by atoms with Crippen LogP contribution in [0.1, 0.15) is 25.7 Å². The molecule has 2 fully saturated rings. The molecule has 0 aromatic heterocycles. The minimum atomic E-state index is -0.335. The van der Waals surface area contributed by atoms with E-state index in [-0.39, 0.29) is 30.2 Å². The van der Waals surface area contributed by atoms with Gasteiger partial charge in [-0.3, -0.25) is 4.79 Å². The monoisotopic (exact) mass is 348 g/mol. The van der Waals surface area contributed by atoms with Crippen LogP contribution in [-0.4, -0.2) is 55.6 Å². The van der Waals surface area contributed by atoms with Crippen LogP contribution >= 0.6 is 0 Å². The van der Waals surface area contributed by atoms with E-state index in [1.807, 2.05) is 0 Å². The highest BCUT2D eigenvalue weighted by atomic mass is 19.1. The van der Waals surface area contributed by atoms with Crippen molar-refractivity contribution in [1.82, 2.24) is 15.5 Å². The summed E-state index contributed by atoms with van der Waals surface area (Å²) in [6.07, 6.45) is 3.74. The van der Waals surface area contributed by atoms with Crippen molar-refractivity contribution in [3.63, 3.8) is 0 Å². The third-order valence-corrected chi connectivity index (χ3v) is 4.73. The molecule has 2 aliphatic rings. The smallest absolute Gasteiger partial charge is 0.315 e. The quantitative estimate of drug-likeness (QED) is 0.770. The van der Waals surface area contributed by atoms with E-state index in [1.54, 1.807) is 17.0 Å². The second kappa shape index (κ2) is 8.29. The van der Waals surface area contributed by atoms with Gasteiger partial charge in [0.15, 0.2) is 0 Å². The van der Waals surface area contributed by atoms with E-state index >= 15 is 0 Å². The second-order valence-corrected chi connectivity index (χ2v) is 6.68. The first-order valence-electron chi connectivity index (χ1n) is 8.94. The molecule has 1 aromatic carbocycles. The SMILES string of the molecule is O=C(NCCCN1CCCC1)N[C@@H]1CC(=O)N(c2ccc(F)cc2)C1. The van der Waals surface area contributed by atoms with Gasteiger partial charge in [-0.25, -0.2) is 9.18 Å². The molecule has 3 amide bonds. The predicted octanol–water partition coefficient (Wildman–Crippen LogP) is 1.72. The Morgan fingerprint density at radius 1 is 1.20 bits per heavy atom. The number of carbonyl (C=O) groups excluding carboxylic acids is 2. The lowest BCUT2D eigenvalue weighted by Crippen LogP contribution is -2.44. The van der Waals surface area contributed by atoms with Gasteiger partial charge >= 0.3 is 6.03 Å². The molecule has 0 spiro atoms. The van der Waals surface area contributed by atoms with Crippen molar-refractivity contribution in [2.75, 3.05) is 37.6 Å². The van der Waals surface area contributed by atoms with Crippen molar-refractivity contribution in [2.24, 2.45) is 0 Å². The van der Waals surface area contributed by atoms with E-state index in [0.717, 1.165) is 26.1 Å². The van der Waals surface area contributed by atoms with Crippen molar-refractivity contribution in [1.29, 1.82) is 0 Å². The summed E-state index contributed by atoms with van der Waals surface area (Å²) in [5.74, 6) is -0.399. The van der Waals surface area contributed by atoms with E-state index in [0.29, 0.717) is 18.8 Å². The zero-order valence-electron chi connectivity index (χ0n) is 14.3. The normalized spacial score (nSPS) is 20.9. The van der Waals surface area contributed by atoms with Gasteiger partial charge in [-0.15, -0.1) is 0 Å². The van der Waals surface area contributed by atoms with E-state index < -0.39 is 0 Å². The fourth-order valence-corrected chi connectivity index (χ4v) is 3.42. The van der Waals surface area contributed by atoms with Gasteiger partial charge in [0.05, 0.1) is 6.04 Å². The maximum absolute atomic E-state index is 13.0. The maximum Gasteiger partial charge on any atom is 0.315 e. The van der Waals surface area contributed by atoms with Gasteiger partial charge in [0.2, 0.25) is 5.91 Å². The predicted molar refractivity (Wildman–Crippen MR) is 94.0 cm³/mol. The summed E-state index contributed by atoms with van der Waals surface area (Å²) >= 11 is 0. The standard InChI is InChI=1S/C18H25FN4O2/c19-14-4-6-16(7-5-14)23-13-15(12-17(23)24)21-18(25)20-8-3-11-22-9-1-2-10-22/h4-7,15H,1-3,8-13H2,(H2,20,21,25)/t15-/m1/s1. The lowest BCUT2D eigenvalue weighted by molar-refractivity contribution is -0.117. The Bertz CT molecular complexity index is 602. The number of benzene rings is 1. The largest absolute Gasteiger partial charge is 0.338 e. The number of urea groups is 1. The highest BCUT2D eigenvalue weighted by molar-refractivity contribution is 5.96. The molecule has 3 rings (SSSR count). The Morgan fingerprint density at radius 3 is 2.64 bits per heavy atom. The molecule has 0 saturated carbocycles. The maximum atomic E-state index is 13.0. The number of hydrogen-bond acceptors (Lipinski definition) is 3. The number of anilines is 1. The Labute approximate surface area is 147 Å². The van der Waals surface area contributed by atoms with Crippen LogP contribution in [0.4, 0.5) is 14.9 Å². The molecule has 1 aromatic rings.